The zero-order chi connectivity index (χ0) is 22.6. The zero-order valence-corrected chi connectivity index (χ0v) is 19.6. The maximum Gasteiger partial charge on any atom is 0.255 e. The number of para-hydroxylation sites is 1. The van der Waals surface area contributed by atoms with Crippen LogP contribution in [0.15, 0.2) is 89.6 Å². The van der Waals surface area contributed by atoms with Gasteiger partial charge in [0, 0.05) is 23.7 Å². The van der Waals surface area contributed by atoms with Gasteiger partial charge >= 0.3 is 0 Å². The Labute approximate surface area is 199 Å². The third-order valence-corrected chi connectivity index (χ3v) is 7.02. The van der Waals surface area contributed by atoms with E-state index in [2.05, 4.69) is 52.1 Å². The molecule has 1 amide bonds. The predicted molar refractivity (Wildman–Crippen MR) is 135 cm³/mol. The van der Waals surface area contributed by atoms with Crippen molar-refractivity contribution in [3.63, 3.8) is 0 Å². The second-order valence-corrected chi connectivity index (χ2v) is 9.14. The summed E-state index contributed by atoms with van der Waals surface area (Å²) >= 11 is 1.65. The number of amides is 1. The van der Waals surface area contributed by atoms with Gasteiger partial charge in [-0.1, -0.05) is 60.7 Å². The van der Waals surface area contributed by atoms with Crippen molar-refractivity contribution in [1.82, 2.24) is 4.90 Å². The minimum atomic E-state index is 0.0703. The van der Waals surface area contributed by atoms with Gasteiger partial charge in [0.05, 0.1) is 6.61 Å². The van der Waals surface area contributed by atoms with Crippen LogP contribution in [0, 0.1) is 0 Å². The molecule has 0 unspecified atom stereocenters. The smallest absolute Gasteiger partial charge is 0.255 e. The van der Waals surface area contributed by atoms with Crippen molar-refractivity contribution in [3.8, 4) is 16.9 Å². The standard InChI is InChI=1S/C29H27NO2S/c1-2-32-28-14-8-5-11-23(28)19-30(25-17-21-9-3-4-10-22(21)18-25)29(31)27-13-7-6-12-26(27)24-15-16-33-20-24/h3-16,20,25H,2,17-19H2,1H3. The Kier molecular flexibility index (Phi) is 6.27. The average Bonchev–Trinajstić information content (AvgIpc) is 3.53. The van der Waals surface area contributed by atoms with Gasteiger partial charge in [-0.15, -0.1) is 0 Å². The molecule has 0 N–H and O–H groups in total. The van der Waals surface area contributed by atoms with Gasteiger partial charge in [-0.3, -0.25) is 4.79 Å². The fraction of sp³-hybridized carbons (Fsp3) is 0.207. The highest BCUT2D eigenvalue weighted by atomic mass is 32.1. The topological polar surface area (TPSA) is 29.5 Å². The van der Waals surface area contributed by atoms with E-state index >= 15 is 0 Å². The number of rotatable bonds is 7. The number of nitrogens with zero attached hydrogens (tertiary/aromatic N) is 1. The molecule has 0 atom stereocenters. The molecular weight excluding hydrogens is 426 g/mol. The van der Waals surface area contributed by atoms with Crippen LogP contribution >= 0.6 is 11.3 Å². The Morgan fingerprint density at radius 1 is 0.939 bits per heavy atom. The number of hydrogen-bond donors (Lipinski definition) is 0. The van der Waals surface area contributed by atoms with Crippen LogP contribution in [0.5, 0.6) is 5.75 Å². The van der Waals surface area contributed by atoms with Crippen LogP contribution in [0.4, 0.5) is 0 Å². The minimum Gasteiger partial charge on any atom is -0.494 e. The number of ether oxygens (including phenoxy) is 1. The highest BCUT2D eigenvalue weighted by Gasteiger charge is 2.32. The molecule has 1 heterocycles. The highest BCUT2D eigenvalue weighted by molar-refractivity contribution is 7.08. The van der Waals surface area contributed by atoms with Crippen LogP contribution in [-0.2, 0) is 19.4 Å². The zero-order valence-electron chi connectivity index (χ0n) is 18.7. The van der Waals surface area contributed by atoms with Crippen LogP contribution in [0.25, 0.3) is 11.1 Å². The minimum absolute atomic E-state index is 0.0703. The van der Waals surface area contributed by atoms with Crippen molar-refractivity contribution in [1.29, 1.82) is 0 Å². The summed E-state index contributed by atoms with van der Waals surface area (Å²) in [6.45, 7) is 3.11. The lowest BCUT2D eigenvalue weighted by molar-refractivity contribution is 0.0667. The number of hydrogen-bond acceptors (Lipinski definition) is 3. The molecule has 166 valence electrons. The first-order valence-corrected chi connectivity index (χ1v) is 12.4. The van der Waals surface area contributed by atoms with Crippen molar-refractivity contribution in [2.24, 2.45) is 0 Å². The second kappa shape index (κ2) is 9.63. The van der Waals surface area contributed by atoms with Gasteiger partial charge in [0.15, 0.2) is 0 Å². The number of fused-ring (bicyclic) bond motifs is 1. The Bertz CT molecular complexity index is 1220. The molecule has 1 aromatic heterocycles. The lowest BCUT2D eigenvalue weighted by atomic mass is 9.99. The summed E-state index contributed by atoms with van der Waals surface area (Å²) in [7, 11) is 0. The van der Waals surface area contributed by atoms with E-state index < -0.39 is 0 Å². The van der Waals surface area contributed by atoms with Crippen molar-refractivity contribution in [2.75, 3.05) is 6.61 Å². The predicted octanol–water partition coefficient (Wildman–Crippen LogP) is 6.62. The molecular formula is C29H27NO2S. The van der Waals surface area contributed by atoms with Gasteiger partial charge in [-0.25, -0.2) is 0 Å². The molecule has 0 saturated carbocycles. The van der Waals surface area contributed by atoms with Gasteiger partial charge < -0.3 is 9.64 Å². The van der Waals surface area contributed by atoms with E-state index in [1.807, 2.05) is 49.4 Å². The summed E-state index contributed by atoms with van der Waals surface area (Å²) < 4.78 is 5.89. The Hall–Kier alpha value is -3.37. The number of carbonyl (C=O) groups excluding carboxylic acids is 1. The van der Waals surface area contributed by atoms with Crippen molar-refractivity contribution >= 4 is 17.2 Å². The van der Waals surface area contributed by atoms with Crippen LogP contribution in [0.2, 0.25) is 0 Å². The summed E-state index contributed by atoms with van der Waals surface area (Å²) in [5.74, 6) is 0.917. The largest absolute Gasteiger partial charge is 0.494 e. The molecule has 0 bridgehead atoms. The Morgan fingerprint density at radius 2 is 1.64 bits per heavy atom. The van der Waals surface area contributed by atoms with Gasteiger partial charge in [0.1, 0.15) is 5.75 Å². The number of carbonyl (C=O) groups is 1. The summed E-state index contributed by atoms with van der Waals surface area (Å²) in [5.41, 5.74) is 6.54. The van der Waals surface area contributed by atoms with Crippen molar-refractivity contribution in [2.45, 2.75) is 32.4 Å². The molecule has 3 aromatic carbocycles. The molecule has 1 aliphatic carbocycles. The lowest BCUT2D eigenvalue weighted by Crippen LogP contribution is -2.40. The quantitative estimate of drug-likeness (QED) is 0.315. The van der Waals surface area contributed by atoms with E-state index in [4.69, 9.17) is 4.74 Å². The summed E-state index contributed by atoms with van der Waals surface area (Å²) in [6.07, 6.45) is 1.75. The van der Waals surface area contributed by atoms with E-state index in [1.54, 1.807) is 11.3 Å². The third kappa shape index (κ3) is 4.44. The molecule has 0 spiro atoms. The molecule has 0 radical (unpaired) electrons. The van der Waals surface area contributed by atoms with Crippen molar-refractivity contribution in [3.05, 3.63) is 112 Å². The van der Waals surface area contributed by atoms with Gasteiger partial charge in [-0.05, 0) is 71.0 Å². The molecule has 4 heteroatoms. The average molecular weight is 454 g/mol. The summed E-state index contributed by atoms with van der Waals surface area (Å²) in [4.78, 5) is 16.2. The first kappa shape index (κ1) is 21.5. The third-order valence-electron chi connectivity index (χ3n) is 6.33. The van der Waals surface area contributed by atoms with Gasteiger partial charge in [0.25, 0.3) is 5.91 Å². The SMILES string of the molecule is CCOc1ccccc1CN(C(=O)c1ccccc1-c1ccsc1)C1Cc2ccccc2C1. The molecule has 33 heavy (non-hydrogen) atoms. The molecule has 3 nitrogen and oxygen atoms in total. The molecule has 4 aromatic rings. The van der Waals surface area contributed by atoms with Crippen molar-refractivity contribution < 1.29 is 9.53 Å². The molecule has 0 aliphatic heterocycles. The van der Waals surface area contributed by atoms with Gasteiger partial charge in [-0.2, -0.15) is 11.3 Å². The van der Waals surface area contributed by atoms with E-state index in [9.17, 15) is 4.79 Å². The Morgan fingerprint density at radius 3 is 2.36 bits per heavy atom. The molecule has 1 aliphatic rings. The fourth-order valence-electron chi connectivity index (χ4n) is 4.73. The molecule has 5 rings (SSSR count). The monoisotopic (exact) mass is 453 g/mol. The van der Waals surface area contributed by atoms with Gasteiger partial charge in [0.2, 0.25) is 0 Å². The van der Waals surface area contributed by atoms with Crippen LogP contribution < -0.4 is 4.74 Å². The van der Waals surface area contributed by atoms with Crippen LogP contribution in [-0.4, -0.2) is 23.5 Å². The van der Waals surface area contributed by atoms with Crippen LogP contribution in [0.1, 0.15) is 34.0 Å². The maximum absolute atomic E-state index is 14.2. The Balaban J connectivity index is 1.53. The highest BCUT2D eigenvalue weighted by Crippen LogP contribution is 2.32. The first-order chi connectivity index (χ1) is 16.2. The van der Waals surface area contributed by atoms with E-state index in [0.717, 1.165) is 40.8 Å². The van der Waals surface area contributed by atoms with E-state index in [1.165, 1.54) is 11.1 Å². The first-order valence-electron chi connectivity index (χ1n) is 11.4. The molecule has 0 saturated heterocycles. The summed E-state index contributed by atoms with van der Waals surface area (Å²) in [5, 5.41) is 4.16. The molecule has 0 fully saturated rings. The van der Waals surface area contributed by atoms with E-state index in [0.29, 0.717) is 13.2 Å². The second-order valence-electron chi connectivity index (χ2n) is 8.36. The summed E-state index contributed by atoms with van der Waals surface area (Å²) in [6, 6.07) is 26.8. The lowest BCUT2D eigenvalue weighted by Gasteiger charge is -2.30. The fourth-order valence-corrected chi connectivity index (χ4v) is 5.39. The number of thiophene rings is 1. The maximum atomic E-state index is 14.2. The normalized spacial score (nSPS) is 13.0. The van der Waals surface area contributed by atoms with E-state index in [-0.39, 0.29) is 11.9 Å². The van der Waals surface area contributed by atoms with Crippen LogP contribution in [0.3, 0.4) is 0 Å². The number of benzene rings is 3.